The van der Waals surface area contributed by atoms with E-state index in [9.17, 15) is 5.11 Å². The molecule has 1 aliphatic carbocycles. The van der Waals surface area contributed by atoms with Crippen molar-refractivity contribution in [3.63, 3.8) is 0 Å². The molecule has 0 aromatic carbocycles. The van der Waals surface area contributed by atoms with Crippen molar-refractivity contribution in [3.8, 4) is 0 Å². The first-order valence-corrected chi connectivity index (χ1v) is 7.08. The van der Waals surface area contributed by atoms with Crippen LogP contribution in [0.25, 0.3) is 0 Å². The molecule has 1 heterocycles. The largest absolute Gasteiger partial charge is 0.392 e. The lowest BCUT2D eigenvalue weighted by Crippen LogP contribution is -2.46. The average Bonchev–Trinajstić information content (AvgIpc) is 2.29. The molecule has 2 unspecified atom stereocenters. The highest BCUT2D eigenvalue weighted by Crippen LogP contribution is 2.41. The van der Waals surface area contributed by atoms with Gasteiger partial charge in [0.25, 0.3) is 0 Å². The average molecular weight is 241 g/mol. The third-order valence-electron chi connectivity index (χ3n) is 4.39. The fraction of sp³-hybridized carbons (Fsp3) is 1.00. The molecular formula is C14H27NO2. The van der Waals surface area contributed by atoms with Crippen molar-refractivity contribution < 1.29 is 9.84 Å². The molecule has 0 amide bonds. The number of nitrogens with zero attached hydrogens (tertiary/aromatic N) is 1. The Morgan fingerprint density at radius 1 is 1.29 bits per heavy atom. The number of aliphatic hydroxyl groups excluding tert-OH is 1. The van der Waals surface area contributed by atoms with E-state index in [1.807, 2.05) is 14.1 Å². The minimum Gasteiger partial charge on any atom is -0.392 e. The normalized spacial score (nSPS) is 30.7. The van der Waals surface area contributed by atoms with Crippen LogP contribution >= 0.6 is 0 Å². The van der Waals surface area contributed by atoms with Gasteiger partial charge in [-0.15, -0.1) is 0 Å². The van der Waals surface area contributed by atoms with Crippen LogP contribution in [0.2, 0.25) is 0 Å². The maximum atomic E-state index is 10.3. The molecule has 1 N–H and O–H groups in total. The number of hydrogen-bond acceptors (Lipinski definition) is 3. The van der Waals surface area contributed by atoms with Gasteiger partial charge in [0.2, 0.25) is 0 Å². The number of rotatable bonds is 3. The Labute approximate surface area is 105 Å². The highest BCUT2D eigenvalue weighted by Gasteiger charge is 2.40. The molecular weight excluding hydrogens is 214 g/mol. The van der Waals surface area contributed by atoms with Gasteiger partial charge in [-0.25, -0.2) is 0 Å². The number of aliphatic hydroxyl groups is 1. The van der Waals surface area contributed by atoms with Gasteiger partial charge in [-0.3, -0.25) is 0 Å². The summed E-state index contributed by atoms with van der Waals surface area (Å²) in [6.07, 6.45) is 8.28. The Morgan fingerprint density at radius 3 is 2.65 bits per heavy atom. The lowest BCUT2D eigenvalue weighted by Gasteiger charge is -2.45. The summed E-state index contributed by atoms with van der Waals surface area (Å²) in [5, 5.41) is 10.3. The second kappa shape index (κ2) is 5.68. The van der Waals surface area contributed by atoms with Crippen LogP contribution in [0.4, 0.5) is 0 Å². The Morgan fingerprint density at radius 2 is 2.00 bits per heavy atom. The predicted octanol–water partition coefficient (Wildman–Crippen LogP) is 2.04. The van der Waals surface area contributed by atoms with Crippen molar-refractivity contribution in [2.75, 3.05) is 27.2 Å². The minimum atomic E-state index is -0.187. The maximum Gasteiger partial charge on any atom is 0.0696 e. The van der Waals surface area contributed by atoms with Crippen LogP contribution < -0.4 is 0 Å². The van der Waals surface area contributed by atoms with Gasteiger partial charge in [0.1, 0.15) is 0 Å². The predicted molar refractivity (Wildman–Crippen MR) is 69.1 cm³/mol. The summed E-state index contributed by atoms with van der Waals surface area (Å²) in [6, 6.07) is 0. The Balaban J connectivity index is 1.91. The van der Waals surface area contributed by atoms with Crippen molar-refractivity contribution in [3.05, 3.63) is 0 Å². The van der Waals surface area contributed by atoms with Crippen molar-refractivity contribution >= 4 is 0 Å². The Kier molecular flexibility index (Phi) is 4.45. The number of ether oxygens (including phenoxy) is 1. The Hall–Kier alpha value is -0.120. The molecule has 1 aliphatic heterocycles. The van der Waals surface area contributed by atoms with E-state index >= 15 is 0 Å². The van der Waals surface area contributed by atoms with Crippen LogP contribution in [0.5, 0.6) is 0 Å². The van der Waals surface area contributed by atoms with Gasteiger partial charge < -0.3 is 14.7 Å². The van der Waals surface area contributed by atoms with Crippen LogP contribution in [0, 0.1) is 5.92 Å². The van der Waals surface area contributed by atoms with E-state index in [-0.39, 0.29) is 11.7 Å². The fourth-order valence-electron chi connectivity index (χ4n) is 3.46. The fourth-order valence-corrected chi connectivity index (χ4v) is 3.46. The van der Waals surface area contributed by atoms with Crippen LogP contribution in [-0.4, -0.2) is 49.0 Å². The molecule has 0 bridgehead atoms. The zero-order valence-electron chi connectivity index (χ0n) is 11.3. The highest BCUT2D eigenvalue weighted by molar-refractivity contribution is 4.91. The molecule has 0 radical (unpaired) electrons. The van der Waals surface area contributed by atoms with Gasteiger partial charge in [-0.05, 0) is 45.7 Å². The van der Waals surface area contributed by atoms with E-state index in [0.717, 1.165) is 26.0 Å². The quantitative estimate of drug-likeness (QED) is 0.821. The molecule has 0 aromatic heterocycles. The standard InChI is InChI=1S/C14H27NO2/c1-15(2)11-13(16)12-6-9-17-14(10-12)7-4-3-5-8-14/h12-13,16H,3-11H2,1-2H3. The molecule has 2 aliphatic rings. The molecule has 2 atom stereocenters. The lowest BCUT2D eigenvalue weighted by atomic mass is 9.74. The van der Waals surface area contributed by atoms with Crippen LogP contribution in [0.15, 0.2) is 0 Å². The third kappa shape index (κ3) is 3.43. The van der Waals surface area contributed by atoms with Crippen LogP contribution in [-0.2, 0) is 4.74 Å². The SMILES string of the molecule is CN(C)CC(O)C1CCOC2(CCCCC2)C1. The third-order valence-corrected chi connectivity index (χ3v) is 4.39. The topological polar surface area (TPSA) is 32.7 Å². The highest BCUT2D eigenvalue weighted by atomic mass is 16.5. The summed E-state index contributed by atoms with van der Waals surface area (Å²) in [7, 11) is 4.05. The van der Waals surface area contributed by atoms with Gasteiger partial charge in [-0.2, -0.15) is 0 Å². The molecule has 3 heteroatoms. The summed E-state index contributed by atoms with van der Waals surface area (Å²) in [4.78, 5) is 2.08. The first kappa shape index (κ1) is 13.3. The summed E-state index contributed by atoms with van der Waals surface area (Å²) < 4.78 is 6.07. The van der Waals surface area contributed by atoms with Gasteiger partial charge in [0, 0.05) is 13.2 Å². The monoisotopic (exact) mass is 241 g/mol. The molecule has 3 nitrogen and oxygen atoms in total. The second-order valence-electron chi connectivity index (χ2n) is 6.17. The van der Waals surface area contributed by atoms with Crippen LogP contribution in [0.1, 0.15) is 44.9 Å². The second-order valence-corrected chi connectivity index (χ2v) is 6.17. The van der Waals surface area contributed by atoms with Crippen LogP contribution in [0.3, 0.4) is 0 Å². The molecule has 1 saturated carbocycles. The molecule has 1 saturated heterocycles. The summed E-state index contributed by atoms with van der Waals surface area (Å²) in [6.45, 7) is 1.62. The molecule has 2 rings (SSSR count). The zero-order valence-corrected chi connectivity index (χ0v) is 11.3. The van der Waals surface area contributed by atoms with Crippen molar-refractivity contribution in [1.82, 2.24) is 4.90 Å². The Bertz CT molecular complexity index is 231. The molecule has 2 fully saturated rings. The molecule has 1 spiro atoms. The molecule has 100 valence electrons. The van der Waals surface area contributed by atoms with E-state index in [4.69, 9.17) is 4.74 Å². The van der Waals surface area contributed by atoms with Gasteiger partial charge in [0.15, 0.2) is 0 Å². The minimum absolute atomic E-state index is 0.120. The summed E-state index contributed by atoms with van der Waals surface area (Å²) in [5.41, 5.74) is 0.120. The number of hydrogen-bond donors (Lipinski definition) is 1. The van der Waals surface area contributed by atoms with E-state index in [0.29, 0.717) is 5.92 Å². The van der Waals surface area contributed by atoms with Gasteiger partial charge in [-0.1, -0.05) is 19.3 Å². The van der Waals surface area contributed by atoms with Crippen molar-refractivity contribution in [2.24, 2.45) is 5.92 Å². The van der Waals surface area contributed by atoms with E-state index in [2.05, 4.69) is 4.90 Å². The first-order chi connectivity index (χ1) is 8.11. The van der Waals surface area contributed by atoms with E-state index in [1.165, 1.54) is 32.1 Å². The van der Waals surface area contributed by atoms with E-state index < -0.39 is 0 Å². The van der Waals surface area contributed by atoms with Gasteiger partial charge in [0.05, 0.1) is 11.7 Å². The molecule has 17 heavy (non-hydrogen) atoms. The molecule has 0 aromatic rings. The van der Waals surface area contributed by atoms with Crippen molar-refractivity contribution in [2.45, 2.75) is 56.7 Å². The summed E-state index contributed by atoms with van der Waals surface area (Å²) >= 11 is 0. The number of likely N-dealkylation sites (N-methyl/N-ethyl adjacent to an activating group) is 1. The van der Waals surface area contributed by atoms with Crippen molar-refractivity contribution in [1.29, 1.82) is 0 Å². The lowest BCUT2D eigenvalue weighted by molar-refractivity contribution is -0.134. The smallest absolute Gasteiger partial charge is 0.0696 e. The van der Waals surface area contributed by atoms with E-state index in [1.54, 1.807) is 0 Å². The first-order valence-electron chi connectivity index (χ1n) is 7.08. The maximum absolute atomic E-state index is 10.3. The summed E-state index contributed by atoms with van der Waals surface area (Å²) in [5.74, 6) is 0.434. The van der Waals surface area contributed by atoms with Gasteiger partial charge >= 0.3 is 0 Å². The zero-order chi connectivity index (χ0) is 12.3.